The van der Waals surface area contributed by atoms with E-state index in [4.69, 9.17) is 4.74 Å². The van der Waals surface area contributed by atoms with Crippen LogP contribution in [0.4, 0.5) is 0 Å². The third-order valence-electron chi connectivity index (χ3n) is 6.51. The predicted molar refractivity (Wildman–Crippen MR) is 111 cm³/mol. The van der Waals surface area contributed by atoms with Crippen molar-refractivity contribution in [3.05, 3.63) is 24.3 Å². The highest BCUT2D eigenvalue weighted by atomic mass is 32.2. The molecule has 0 unspecified atom stereocenters. The molecule has 7 nitrogen and oxygen atoms in total. The summed E-state index contributed by atoms with van der Waals surface area (Å²) in [5.41, 5.74) is 0. The fourth-order valence-corrected chi connectivity index (χ4v) is 5.81. The van der Waals surface area contributed by atoms with Crippen LogP contribution in [-0.2, 0) is 14.8 Å². The van der Waals surface area contributed by atoms with Crippen LogP contribution in [0, 0.1) is 5.92 Å². The summed E-state index contributed by atoms with van der Waals surface area (Å²) >= 11 is 0. The molecular formula is C21H34N3O4S+. The predicted octanol–water partition coefficient (Wildman–Crippen LogP) is 0.668. The zero-order chi connectivity index (χ0) is 21.0. The third-order valence-corrected chi connectivity index (χ3v) is 8.42. The Hall–Kier alpha value is -1.64. The van der Waals surface area contributed by atoms with Gasteiger partial charge in [-0.25, -0.2) is 8.42 Å². The van der Waals surface area contributed by atoms with Gasteiger partial charge in [-0.05, 0) is 49.9 Å². The van der Waals surface area contributed by atoms with Gasteiger partial charge in [0.1, 0.15) is 5.75 Å². The molecule has 0 radical (unpaired) electrons. The molecule has 3 atom stereocenters. The number of rotatable bonds is 6. The van der Waals surface area contributed by atoms with Crippen molar-refractivity contribution in [3.63, 3.8) is 0 Å². The lowest BCUT2D eigenvalue weighted by molar-refractivity contribution is -0.917. The maximum absolute atomic E-state index is 12.9. The van der Waals surface area contributed by atoms with Gasteiger partial charge in [0.05, 0.1) is 38.2 Å². The van der Waals surface area contributed by atoms with Crippen molar-refractivity contribution in [1.82, 2.24) is 9.62 Å². The summed E-state index contributed by atoms with van der Waals surface area (Å²) in [5, 5.41) is 3.24. The number of carbonyl (C=O) groups is 1. The minimum absolute atomic E-state index is 0.0882. The summed E-state index contributed by atoms with van der Waals surface area (Å²) in [7, 11) is -1.97. The molecule has 2 aliphatic rings. The molecule has 2 fully saturated rings. The van der Waals surface area contributed by atoms with E-state index in [9.17, 15) is 13.2 Å². The van der Waals surface area contributed by atoms with E-state index in [1.165, 1.54) is 23.6 Å². The van der Waals surface area contributed by atoms with Crippen molar-refractivity contribution in [2.24, 2.45) is 5.92 Å². The maximum Gasteiger partial charge on any atom is 0.278 e. The summed E-state index contributed by atoms with van der Waals surface area (Å²) in [6, 6.07) is 6.58. The molecule has 1 aliphatic heterocycles. The van der Waals surface area contributed by atoms with Crippen LogP contribution in [0.25, 0.3) is 0 Å². The molecule has 0 bridgehead atoms. The van der Waals surface area contributed by atoms with Gasteiger partial charge in [0.15, 0.2) is 6.04 Å². The van der Waals surface area contributed by atoms with Crippen molar-refractivity contribution in [3.8, 4) is 5.75 Å². The molecule has 162 valence electrons. The molecule has 0 aromatic heterocycles. The van der Waals surface area contributed by atoms with E-state index >= 15 is 0 Å². The van der Waals surface area contributed by atoms with E-state index in [0.717, 1.165) is 11.3 Å². The van der Waals surface area contributed by atoms with Gasteiger partial charge in [-0.15, -0.1) is 0 Å². The Morgan fingerprint density at radius 1 is 1.17 bits per heavy atom. The number of benzene rings is 1. The zero-order valence-electron chi connectivity index (χ0n) is 17.7. The maximum atomic E-state index is 12.9. The van der Waals surface area contributed by atoms with Gasteiger partial charge in [0, 0.05) is 6.04 Å². The molecule has 2 N–H and O–H groups in total. The minimum atomic E-state index is -3.52. The van der Waals surface area contributed by atoms with E-state index in [1.807, 2.05) is 6.92 Å². The van der Waals surface area contributed by atoms with Crippen molar-refractivity contribution in [2.75, 3.05) is 33.3 Å². The highest BCUT2D eigenvalue weighted by molar-refractivity contribution is 7.89. The highest BCUT2D eigenvalue weighted by Crippen LogP contribution is 2.23. The third kappa shape index (κ3) is 5.10. The lowest BCUT2D eigenvalue weighted by atomic mass is 9.86. The number of piperazine rings is 1. The second-order valence-corrected chi connectivity index (χ2v) is 10.3. The van der Waals surface area contributed by atoms with Crippen LogP contribution in [-0.4, -0.2) is 64.0 Å². The first kappa shape index (κ1) is 22.1. The Balaban J connectivity index is 1.55. The monoisotopic (exact) mass is 424 g/mol. The number of sulfonamides is 1. The average molecular weight is 425 g/mol. The van der Waals surface area contributed by atoms with Crippen molar-refractivity contribution < 1.29 is 22.8 Å². The number of carbonyl (C=O) groups excluding carboxylic acids is 1. The lowest BCUT2D eigenvalue weighted by Crippen LogP contribution is -3.19. The quantitative estimate of drug-likeness (QED) is 0.703. The number of amides is 1. The molecule has 0 spiro atoms. The summed E-state index contributed by atoms with van der Waals surface area (Å²) in [4.78, 5) is 14.2. The van der Waals surface area contributed by atoms with E-state index in [0.29, 0.717) is 37.8 Å². The van der Waals surface area contributed by atoms with E-state index in [1.54, 1.807) is 31.4 Å². The molecule has 1 aliphatic carbocycles. The van der Waals surface area contributed by atoms with Gasteiger partial charge in [0.25, 0.3) is 5.91 Å². The number of methoxy groups -OCH3 is 1. The molecule has 1 saturated heterocycles. The van der Waals surface area contributed by atoms with E-state index in [-0.39, 0.29) is 22.9 Å². The van der Waals surface area contributed by atoms with Crippen LogP contribution >= 0.6 is 0 Å². The number of ether oxygens (including phenoxy) is 1. The van der Waals surface area contributed by atoms with Gasteiger partial charge in [-0.1, -0.05) is 19.8 Å². The Morgan fingerprint density at radius 3 is 2.38 bits per heavy atom. The smallest absolute Gasteiger partial charge is 0.278 e. The van der Waals surface area contributed by atoms with E-state index in [2.05, 4.69) is 12.2 Å². The largest absolute Gasteiger partial charge is 0.497 e. The molecule has 29 heavy (non-hydrogen) atoms. The summed E-state index contributed by atoms with van der Waals surface area (Å²) in [5.74, 6) is 1.25. The van der Waals surface area contributed by atoms with Gasteiger partial charge in [0.2, 0.25) is 10.0 Å². The summed E-state index contributed by atoms with van der Waals surface area (Å²) in [6.07, 6.45) is 4.66. The van der Waals surface area contributed by atoms with Gasteiger partial charge in [-0.2, -0.15) is 4.31 Å². The topological polar surface area (TPSA) is 80.2 Å². The second kappa shape index (κ2) is 9.45. The molecule has 1 aromatic carbocycles. The van der Waals surface area contributed by atoms with E-state index < -0.39 is 10.0 Å². The fourth-order valence-electron chi connectivity index (χ4n) is 4.37. The number of quaternary nitrogens is 1. The van der Waals surface area contributed by atoms with Gasteiger partial charge >= 0.3 is 0 Å². The first-order valence-electron chi connectivity index (χ1n) is 10.6. The number of hydrogen-bond acceptors (Lipinski definition) is 4. The standard InChI is InChI=1S/C21H33N3O4S/c1-16-6-4-5-7-20(16)22-21(25)17(2)23-12-14-24(15-13-23)29(26,27)19-10-8-18(28-3)9-11-19/h8-11,16-17,20H,4-7,12-15H2,1-3H3,(H,22,25)/p+1/t16-,17-,20-/m1/s1. The number of nitrogens with one attached hydrogen (secondary N) is 2. The molecule has 8 heteroatoms. The van der Waals surface area contributed by atoms with Crippen LogP contribution in [0.15, 0.2) is 29.2 Å². The van der Waals surface area contributed by atoms with Crippen LogP contribution in [0.1, 0.15) is 39.5 Å². The molecule has 1 saturated carbocycles. The van der Waals surface area contributed by atoms with Crippen molar-refractivity contribution in [1.29, 1.82) is 0 Å². The normalized spacial score (nSPS) is 25.3. The lowest BCUT2D eigenvalue weighted by Gasteiger charge is -2.35. The molecule has 1 heterocycles. The van der Waals surface area contributed by atoms with Crippen LogP contribution in [0.2, 0.25) is 0 Å². The minimum Gasteiger partial charge on any atom is -0.497 e. The first-order chi connectivity index (χ1) is 13.8. The van der Waals surface area contributed by atoms with Gasteiger partial charge < -0.3 is 15.0 Å². The van der Waals surface area contributed by atoms with Crippen LogP contribution in [0.5, 0.6) is 5.75 Å². The van der Waals surface area contributed by atoms with Gasteiger partial charge in [-0.3, -0.25) is 4.79 Å². The SMILES string of the molecule is COc1ccc(S(=O)(=O)N2CC[NH+]([C@H](C)C(=O)N[C@@H]3CCCC[C@H]3C)CC2)cc1. The highest BCUT2D eigenvalue weighted by Gasteiger charge is 2.35. The average Bonchev–Trinajstić information content (AvgIpc) is 2.75. The summed E-state index contributed by atoms with van der Waals surface area (Å²) in [6.45, 7) is 6.26. The Morgan fingerprint density at radius 2 is 1.79 bits per heavy atom. The molecule has 3 rings (SSSR count). The van der Waals surface area contributed by atoms with Crippen molar-refractivity contribution >= 4 is 15.9 Å². The number of nitrogens with zero attached hydrogens (tertiary/aromatic N) is 1. The molecular weight excluding hydrogens is 390 g/mol. The molecule has 1 amide bonds. The fraction of sp³-hybridized carbons (Fsp3) is 0.667. The van der Waals surface area contributed by atoms with Crippen molar-refractivity contribution in [2.45, 2.75) is 56.5 Å². The number of hydrogen-bond donors (Lipinski definition) is 2. The Bertz CT molecular complexity index is 789. The van der Waals surface area contributed by atoms with Crippen LogP contribution < -0.4 is 15.0 Å². The Kier molecular flexibility index (Phi) is 7.19. The Labute approximate surface area is 174 Å². The zero-order valence-corrected chi connectivity index (χ0v) is 18.5. The summed E-state index contributed by atoms with van der Waals surface area (Å²) < 4.78 is 32.4. The van der Waals surface area contributed by atoms with Crippen LogP contribution in [0.3, 0.4) is 0 Å². The molecule has 1 aromatic rings. The first-order valence-corrected chi connectivity index (χ1v) is 12.1. The second-order valence-electron chi connectivity index (χ2n) is 8.34.